The number of likely N-dealkylation sites (N-methyl/N-ethyl adjacent to an activating group) is 1. The number of nitrogens with zero attached hydrogens (tertiary/aromatic N) is 1. The van der Waals surface area contributed by atoms with E-state index in [-0.39, 0.29) is 25.8 Å². The predicted molar refractivity (Wildman–Crippen MR) is 240 cm³/mol. The van der Waals surface area contributed by atoms with Crippen molar-refractivity contribution in [3.05, 3.63) is 72.9 Å². The molecule has 0 aromatic heterocycles. The molecule has 0 aliphatic rings. The van der Waals surface area contributed by atoms with Crippen LogP contribution in [-0.2, 0) is 27.9 Å². The fraction of sp³-hybridized carbons (Fsp3) is 0.729. The molecule has 0 bridgehead atoms. The number of hydrogen-bond donors (Lipinski definition) is 0. The maximum absolute atomic E-state index is 12.7. The minimum Gasteiger partial charge on any atom is -0.756 e. The number of unbranched alkanes of at least 4 members (excludes halogenated alkanes) is 15. The fourth-order valence-corrected chi connectivity index (χ4v) is 6.51. The summed E-state index contributed by atoms with van der Waals surface area (Å²) in [4.78, 5) is 25.0. The van der Waals surface area contributed by atoms with Gasteiger partial charge < -0.3 is 27.9 Å². The van der Waals surface area contributed by atoms with Crippen LogP contribution in [0.1, 0.15) is 168 Å². The van der Waals surface area contributed by atoms with Crippen molar-refractivity contribution in [2.75, 3.05) is 54.1 Å². The van der Waals surface area contributed by atoms with Crippen molar-refractivity contribution in [1.82, 2.24) is 0 Å². The molecule has 0 aliphatic carbocycles. The summed E-state index contributed by atoms with van der Waals surface area (Å²) in [5.41, 5.74) is 0. The predicted octanol–water partition coefficient (Wildman–Crippen LogP) is 12.9. The molecule has 9 heteroatoms. The monoisotopic (exact) mass is 820 g/mol. The Morgan fingerprint density at radius 3 is 1.53 bits per heavy atom. The molecule has 0 saturated heterocycles. The van der Waals surface area contributed by atoms with Crippen LogP contribution in [0.4, 0.5) is 0 Å². The Balaban J connectivity index is 4.19. The summed E-state index contributed by atoms with van der Waals surface area (Å²) in [5.74, 6) is -0.351. The molecular formula is C48H86NO7P. The van der Waals surface area contributed by atoms with E-state index < -0.39 is 13.9 Å². The first-order valence-electron chi connectivity index (χ1n) is 22.7. The highest BCUT2D eigenvalue weighted by Gasteiger charge is 2.20. The van der Waals surface area contributed by atoms with Gasteiger partial charge in [-0.2, -0.15) is 0 Å². The van der Waals surface area contributed by atoms with E-state index in [4.69, 9.17) is 18.5 Å². The standard InChI is InChI=1S/C48H86NO7P/c1-6-8-10-12-14-16-18-19-20-21-22-23-24-25-26-27-28-29-30-31-32-33-35-37-39-41-48(50)56-47(46-55-57(51,52)54-44-42-49(3,4)5)45-53-43-40-38-36-34-17-15-13-11-9-7-2/h8,10,14,16,19-20,22-23,25-26,28-29,47H,6-7,9,11-13,15,17-18,21,24,27,30-46H2,1-5H3/b10-8-,16-14-,20-19-,23-22-,26-25-,29-28-. The molecule has 0 aromatic rings. The van der Waals surface area contributed by atoms with Gasteiger partial charge in [-0.25, -0.2) is 0 Å². The zero-order chi connectivity index (χ0) is 42.0. The van der Waals surface area contributed by atoms with Gasteiger partial charge in [0.25, 0.3) is 7.82 Å². The summed E-state index contributed by atoms with van der Waals surface area (Å²) in [7, 11) is 1.34. The smallest absolute Gasteiger partial charge is 0.306 e. The molecule has 8 nitrogen and oxygen atoms in total. The molecule has 0 saturated carbocycles. The van der Waals surface area contributed by atoms with E-state index in [2.05, 4.69) is 86.8 Å². The van der Waals surface area contributed by atoms with E-state index in [1.807, 2.05) is 21.1 Å². The van der Waals surface area contributed by atoms with E-state index in [9.17, 15) is 14.3 Å². The van der Waals surface area contributed by atoms with Gasteiger partial charge in [0, 0.05) is 13.0 Å². The molecule has 0 aliphatic heterocycles. The van der Waals surface area contributed by atoms with Gasteiger partial charge in [0.15, 0.2) is 0 Å². The van der Waals surface area contributed by atoms with Gasteiger partial charge in [-0.05, 0) is 64.2 Å². The molecule has 57 heavy (non-hydrogen) atoms. The molecule has 2 unspecified atom stereocenters. The highest BCUT2D eigenvalue weighted by Crippen LogP contribution is 2.38. The number of allylic oxidation sites excluding steroid dienone is 12. The minimum absolute atomic E-state index is 0.0203. The maximum atomic E-state index is 12.7. The lowest BCUT2D eigenvalue weighted by Crippen LogP contribution is -2.37. The summed E-state index contributed by atoms with van der Waals surface area (Å²) in [6.45, 7) is 5.26. The second kappa shape index (κ2) is 40.7. The zero-order valence-electron chi connectivity index (χ0n) is 37.3. The SMILES string of the molecule is CC/C=C\C/C=C\C/C=C\C/C=C\C/C=C\C/C=C\CCCCCCCCC(=O)OC(COCCCCCCCCCCCC)COP(=O)([O-])OCC[N+](C)(C)C. The Morgan fingerprint density at radius 2 is 1.02 bits per heavy atom. The molecule has 0 radical (unpaired) electrons. The number of phosphoric ester groups is 1. The third-order valence-electron chi connectivity index (χ3n) is 9.27. The fourth-order valence-electron chi connectivity index (χ4n) is 5.78. The highest BCUT2D eigenvalue weighted by molar-refractivity contribution is 7.45. The Morgan fingerprint density at radius 1 is 0.561 bits per heavy atom. The molecule has 0 rings (SSSR count). The van der Waals surface area contributed by atoms with Crippen LogP contribution in [0.5, 0.6) is 0 Å². The van der Waals surface area contributed by atoms with Crippen LogP contribution in [-0.4, -0.2) is 70.7 Å². The Hall–Kier alpha value is -2.06. The van der Waals surface area contributed by atoms with Crippen molar-refractivity contribution in [3.8, 4) is 0 Å². The molecule has 0 N–H and O–H groups in total. The van der Waals surface area contributed by atoms with E-state index in [1.54, 1.807) is 0 Å². The van der Waals surface area contributed by atoms with Gasteiger partial charge in [0.05, 0.1) is 34.4 Å². The van der Waals surface area contributed by atoms with Gasteiger partial charge in [-0.3, -0.25) is 9.36 Å². The number of rotatable bonds is 41. The van der Waals surface area contributed by atoms with Crippen molar-refractivity contribution in [3.63, 3.8) is 0 Å². The van der Waals surface area contributed by atoms with Crippen LogP contribution >= 0.6 is 7.82 Å². The summed E-state index contributed by atoms with van der Waals surface area (Å²) < 4.78 is 34.5. The Labute approximate surface area is 351 Å². The van der Waals surface area contributed by atoms with Crippen LogP contribution in [0.2, 0.25) is 0 Å². The lowest BCUT2D eigenvalue weighted by atomic mass is 10.1. The van der Waals surface area contributed by atoms with Gasteiger partial charge in [0.2, 0.25) is 0 Å². The molecule has 0 amide bonds. The summed E-state index contributed by atoms with van der Waals surface area (Å²) in [6.07, 6.45) is 52.0. The Kier molecular flexibility index (Phi) is 39.2. The number of carbonyl (C=O) groups is 1. The molecule has 0 heterocycles. The molecule has 330 valence electrons. The normalized spacial score (nSPS) is 14.4. The molecule has 0 spiro atoms. The number of esters is 1. The highest BCUT2D eigenvalue weighted by atomic mass is 31.2. The average Bonchev–Trinajstić information content (AvgIpc) is 3.16. The number of hydrogen-bond acceptors (Lipinski definition) is 7. The zero-order valence-corrected chi connectivity index (χ0v) is 38.2. The van der Waals surface area contributed by atoms with Gasteiger partial charge in [-0.15, -0.1) is 0 Å². The van der Waals surface area contributed by atoms with Crippen molar-refractivity contribution < 1.29 is 37.3 Å². The van der Waals surface area contributed by atoms with E-state index in [1.165, 1.54) is 64.2 Å². The van der Waals surface area contributed by atoms with Crippen LogP contribution in [0, 0.1) is 0 Å². The van der Waals surface area contributed by atoms with Crippen LogP contribution in [0.15, 0.2) is 72.9 Å². The topological polar surface area (TPSA) is 94.1 Å². The third-order valence-corrected chi connectivity index (χ3v) is 10.2. The first kappa shape index (κ1) is 54.9. The summed E-state index contributed by atoms with van der Waals surface area (Å²) >= 11 is 0. The first-order chi connectivity index (χ1) is 27.6. The summed E-state index contributed by atoms with van der Waals surface area (Å²) in [5, 5.41) is 0. The van der Waals surface area contributed by atoms with Crippen molar-refractivity contribution >= 4 is 13.8 Å². The first-order valence-corrected chi connectivity index (χ1v) is 24.1. The third kappa shape index (κ3) is 44.9. The number of carbonyl (C=O) groups excluding carboxylic acids is 1. The number of quaternary nitrogens is 1. The summed E-state index contributed by atoms with van der Waals surface area (Å²) in [6, 6.07) is 0. The second-order valence-corrected chi connectivity index (χ2v) is 17.4. The largest absolute Gasteiger partial charge is 0.756 e. The van der Waals surface area contributed by atoms with Gasteiger partial charge >= 0.3 is 5.97 Å². The maximum Gasteiger partial charge on any atom is 0.306 e. The van der Waals surface area contributed by atoms with Crippen LogP contribution in [0.3, 0.4) is 0 Å². The molecular weight excluding hydrogens is 734 g/mol. The average molecular weight is 820 g/mol. The van der Waals surface area contributed by atoms with Crippen molar-refractivity contribution in [1.29, 1.82) is 0 Å². The lowest BCUT2D eigenvalue weighted by molar-refractivity contribution is -0.870. The van der Waals surface area contributed by atoms with Gasteiger partial charge in [0.1, 0.15) is 19.3 Å². The quantitative estimate of drug-likeness (QED) is 0.0199. The van der Waals surface area contributed by atoms with E-state index in [0.29, 0.717) is 24.1 Å². The lowest BCUT2D eigenvalue weighted by Gasteiger charge is -2.28. The van der Waals surface area contributed by atoms with Crippen molar-refractivity contribution in [2.24, 2.45) is 0 Å². The minimum atomic E-state index is -4.53. The molecule has 2 atom stereocenters. The molecule has 0 aromatic carbocycles. The Bertz CT molecular complexity index is 1140. The van der Waals surface area contributed by atoms with Crippen LogP contribution < -0.4 is 4.89 Å². The van der Waals surface area contributed by atoms with Crippen LogP contribution in [0.25, 0.3) is 0 Å². The number of phosphoric acid groups is 1. The van der Waals surface area contributed by atoms with Gasteiger partial charge in [-0.1, -0.05) is 170 Å². The van der Waals surface area contributed by atoms with E-state index >= 15 is 0 Å². The number of ether oxygens (including phenoxy) is 2. The van der Waals surface area contributed by atoms with E-state index in [0.717, 1.165) is 83.5 Å². The molecule has 0 fully saturated rings. The van der Waals surface area contributed by atoms with Crippen molar-refractivity contribution in [2.45, 2.75) is 174 Å². The second-order valence-electron chi connectivity index (χ2n) is 16.0.